The number of hydrogen-bond acceptors (Lipinski definition) is 4. The van der Waals surface area contributed by atoms with Crippen molar-refractivity contribution in [1.82, 2.24) is 20.1 Å². The highest BCUT2D eigenvalue weighted by atomic mass is 32.1. The Balaban J connectivity index is 1.78. The second-order valence-electron chi connectivity index (χ2n) is 9.44. The van der Waals surface area contributed by atoms with Crippen LogP contribution in [0.25, 0.3) is 5.57 Å². The number of hydrogen-bond donors (Lipinski definition) is 1. The molecule has 2 atom stereocenters. The first-order valence-electron chi connectivity index (χ1n) is 10.9. The fourth-order valence-electron chi connectivity index (χ4n) is 4.68. The highest BCUT2D eigenvalue weighted by Crippen LogP contribution is 2.43. The second-order valence-corrected chi connectivity index (χ2v) is 9.83. The first-order chi connectivity index (χ1) is 14.7. The number of thiocarbonyl (C=S) groups is 1. The average molecular weight is 436 g/mol. The summed E-state index contributed by atoms with van der Waals surface area (Å²) in [5.74, 6) is 0. The Bertz CT molecular complexity index is 998. The Morgan fingerprint density at radius 3 is 2.65 bits per heavy atom. The van der Waals surface area contributed by atoms with Gasteiger partial charge in [-0.05, 0) is 82.5 Å². The predicted octanol–water partition coefficient (Wildman–Crippen LogP) is 4.25. The third kappa shape index (κ3) is 4.06. The van der Waals surface area contributed by atoms with Gasteiger partial charge in [-0.15, -0.1) is 0 Å². The van der Waals surface area contributed by atoms with Crippen LogP contribution in [-0.4, -0.2) is 59.7 Å². The molecule has 0 radical (unpaired) electrons. The van der Waals surface area contributed by atoms with Gasteiger partial charge in [0.2, 0.25) is 0 Å². The monoisotopic (exact) mass is 435 g/mol. The number of likely N-dealkylation sites (N-methyl/N-ethyl adjacent to an activating group) is 2. The van der Waals surface area contributed by atoms with Crippen LogP contribution in [0.2, 0.25) is 0 Å². The summed E-state index contributed by atoms with van der Waals surface area (Å²) < 4.78 is 0. The summed E-state index contributed by atoms with van der Waals surface area (Å²) in [7, 11) is 6.37. The zero-order chi connectivity index (χ0) is 22.3. The van der Waals surface area contributed by atoms with Crippen LogP contribution in [-0.2, 0) is 0 Å². The highest BCUT2D eigenvalue weighted by Gasteiger charge is 2.40. The van der Waals surface area contributed by atoms with E-state index in [-0.39, 0.29) is 17.6 Å². The number of nitrogens with one attached hydrogen (secondary N) is 1. The molecule has 4 rings (SSSR count). The molecule has 0 aliphatic carbocycles. The number of aromatic nitrogens is 1. The molecule has 5 nitrogen and oxygen atoms in total. The Morgan fingerprint density at radius 1 is 1.19 bits per heavy atom. The normalized spacial score (nSPS) is 22.4. The summed E-state index contributed by atoms with van der Waals surface area (Å²) in [5, 5.41) is 4.35. The molecule has 0 bridgehead atoms. The number of benzene rings is 1. The van der Waals surface area contributed by atoms with Gasteiger partial charge >= 0.3 is 0 Å². The molecule has 1 N–H and O–H groups in total. The number of anilines is 1. The number of allylic oxidation sites excluding steroid dienone is 1. The number of fused-ring (bicyclic) bond motifs is 1. The molecule has 1 aromatic carbocycles. The minimum absolute atomic E-state index is 0.00329. The molecule has 1 saturated heterocycles. The summed E-state index contributed by atoms with van der Waals surface area (Å²) in [6.45, 7) is 8.54. The maximum atomic E-state index is 5.79. The van der Waals surface area contributed by atoms with E-state index in [0.29, 0.717) is 0 Å². The number of nitrogens with zero attached hydrogens (tertiary/aromatic N) is 4. The van der Waals surface area contributed by atoms with Crippen LogP contribution in [0, 0.1) is 0 Å². The van der Waals surface area contributed by atoms with Gasteiger partial charge < -0.3 is 20.0 Å². The topological polar surface area (TPSA) is 34.6 Å². The molecule has 2 aliphatic rings. The molecule has 0 spiro atoms. The lowest BCUT2D eigenvalue weighted by Gasteiger charge is -2.41. The van der Waals surface area contributed by atoms with Crippen LogP contribution in [0.15, 0.2) is 48.7 Å². The molecule has 2 aliphatic heterocycles. The van der Waals surface area contributed by atoms with Gasteiger partial charge in [0.1, 0.15) is 0 Å². The van der Waals surface area contributed by atoms with Gasteiger partial charge in [0, 0.05) is 37.6 Å². The zero-order valence-corrected chi connectivity index (χ0v) is 20.2. The minimum Gasteiger partial charge on any atom is -0.366 e. The molecule has 164 valence electrons. The molecule has 1 aromatic heterocycles. The lowest BCUT2D eigenvalue weighted by molar-refractivity contribution is 0.277. The van der Waals surface area contributed by atoms with Crippen LogP contribution < -0.4 is 10.2 Å². The largest absolute Gasteiger partial charge is 0.366 e. The van der Waals surface area contributed by atoms with Crippen molar-refractivity contribution in [3.63, 3.8) is 0 Å². The van der Waals surface area contributed by atoms with Gasteiger partial charge in [0.25, 0.3) is 0 Å². The van der Waals surface area contributed by atoms with Crippen LogP contribution in [0.3, 0.4) is 0 Å². The number of pyridine rings is 1. The van der Waals surface area contributed by atoms with Crippen molar-refractivity contribution in [3.8, 4) is 0 Å². The Labute approximate surface area is 191 Å². The molecular formula is C25H33N5S. The van der Waals surface area contributed by atoms with E-state index in [1.165, 1.54) is 22.4 Å². The van der Waals surface area contributed by atoms with Crippen molar-refractivity contribution < 1.29 is 0 Å². The first-order valence-corrected chi connectivity index (χ1v) is 11.3. The quantitative estimate of drug-likeness (QED) is 0.708. The van der Waals surface area contributed by atoms with Gasteiger partial charge in [-0.3, -0.25) is 4.98 Å². The van der Waals surface area contributed by atoms with Gasteiger partial charge in [-0.25, -0.2) is 0 Å². The van der Waals surface area contributed by atoms with E-state index in [1.54, 1.807) is 0 Å². The van der Waals surface area contributed by atoms with Crippen LogP contribution in [0.1, 0.15) is 49.7 Å². The Morgan fingerprint density at radius 2 is 1.97 bits per heavy atom. The lowest BCUT2D eigenvalue weighted by atomic mass is 9.86. The van der Waals surface area contributed by atoms with E-state index in [1.807, 2.05) is 18.3 Å². The molecule has 3 heterocycles. The summed E-state index contributed by atoms with van der Waals surface area (Å²) in [4.78, 5) is 11.5. The third-order valence-corrected chi connectivity index (χ3v) is 6.92. The molecular weight excluding hydrogens is 402 g/mol. The van der Waals surface area contributed by atoms with E-state index < -0.39 is 0 Å². The van der Waals surface area contributed by atoms with Gasteiger partial charge in [0.05, 0.1) is 23.3 Å². The summed E-state index contributed by atoms with van der Waals surface area (Å²) >= 11 is 5.79. The SMILES string of the molecule is CC1=CC(C)(C)N(C)c2ccc([C@H]3[C@@H](c4ccccn4)NC(=S)N3CCN(C)C)cc21. The van der Waals surface area contributed by atoms with E-state index in [4.69, 9.17) is 12.2 Å². The first kappa shape index (κ1) is 21.8. The Kier molecular flexibility index (Phi) is 5.79. The molecule has 0 unspecified atom stereocenters. The maximum Gasteiger partial charge on any atom is 0.170 e. The van der Waals surface area contributed by atoms with E-state index >= 15 is 0 Å². The van der Waals surface area contributed by atoms with Crippen LogP contribution in [0.4, 0.5) is 5.69 Å². The minimum atomic E-state index is 0.00329. The smallest absolute Gasteiger partial charge is 0.170 e. The lowest BCUT2D eigenvalue weighted by Crippen LogP contribution is -2.42. The van der Waals surface area contributed by atoms with E-state index in [2.05, 4.69) is 97.3 Å². The second kappa shape index (κ2) is 8.24. The van der Waals surface area contributed by atoms with Crippen molar-refractivity contribution in [2.24, 2.45) is 0 Å². The van der Waals surface area contributed by atoms with Crippen molar-refractivity contribution in [2.75, 3.05) is 39.1 Å². The molecule has 6 heteroatoms. The van der Waals surface area contributed by atoms with Crippen molar-refractivity contribution in [3.05, 3.63) is 65.5 Å². The van der Waals surface area contributed by atoms with Crippen molar-refractivity contribution in [1.29, 1.82) is 0 Å². The molecule has 0 amide bonds. The number of rotatable bonds is 5. The van der Waals surface area contributed by atoms with Crippen molar-refractivity contribution in [2.45, 2.75) is 38.4 Å². The van der Waals surface area contributed by atoms with E-state index in [0.717, 1.165) is 23.9 Å². The van der Waals surface area contributed by atoms with Crippen LogP contribution >= 0.6 is 12.2 Å². The summed E-state index contributed by atoms with van der Waals surface area (Å²) in [6, 6.07) is 13.1. The Hall–Kier alpha value is -2.44. The highest BCUT2D eigenvalue weighted by molar-refractivity contribution is 7.80. The zero-order valence-electron chi connectivity index (χ0n) is 19.4. The fourth-order valence-corrected chi connectivity index (χ4v) is 5.01. The molecule has 2 aromatic rings. The maximum absolute atomic E-state index is 5.79. The summed E-state index contributed by atoms with van der Waals surface area (Å²) in [5.41, 5.74) is 6.18. The summed E-state index contributed by atoms with van der Waals surface area (Å²) in [6.07, 6.45) is 4.22. The van der Waals surface area contributed by atoms with Crippen molar-refractivity contribution >= 4 is 28.6 Å². The molecule has 1 fully saturated rings. The van der Waals surface area contributed by atoms with Gasteiger partial charge in [-0.2, -0.15) is 0 Å². The fraction of sp³-hybridized carbons (Fsp3) is 0.440. The predicted molar refractivity (Wildman–Crippen MR) is 133 cm³/mol. The molecule has 31 heavy (non-hydrogen) atoms. The standard InChI is InChI=1S/C25H33N5S/c1-17-16-25(2,3)29(6)21-11-10-18(15-19(17)21)23-22(20-9-7-8-12-26-20)27-24(31)30(23)14-13-28(4)5/h7-12,15-16,22-23H,13-14H2,1-6H3,(H,27,31)/t22-,23+/m1/s1. The molecule has 0 saturated carbocycles. The third-order valence-electron chi connectivity index (χ3n) is 6.57. The van der Waals surface area contributed by atoms with Crippen LogP contribution in [0.5, 0.6) is 0 Å². The van der Waals surface area contributed by atoms with E-state index in [9.17, 15) is 0 Å². The van der Waals surface area contributed by atoms with Gasteiger partial charge in [0.15, 0.2) is 5.11 Å². The van der Waals surface area contributed by atoms with Gasteiger partial charge in [-0.1, -0.05) is 18.2 Å². The average Bonchev–Trinajstić information content (AvgIpc) is 3.07.